The van der Waals surface area contributed by atoms with E-state index in [1.165, 1.54) is 12.8 Å². The summed E-state index contributed by atoms with van der Waals surface area (Å²) in [7, 11) is 0. The number of hydrogen-bond donors (Lipinski definition) is 0. The third-order valence-electron chi connectivity index (χ3n) is 3.35. The van der Waals surface area contributed by atoms with Gasteiger partial charge in [0.15, 0.2) is 0 Å². The summed E-state index contributed by atoms with van der Waals surface area (Å²) >= 11 is 0. The molecule has 0 radical (unpaired) electrons. The fourth-order valence-electron chi connectivity index (χ4n) is 2.44. The molecule has 0 atom stereocenters. The van der Waals surface area contributed by atoms with Gasteiger partial charge in [-0.2, -0.15) is 5.26 Å². The number of likely N-dealkylation sites (tertiary alicyclic amines) is 1. The molecule has 2 rings (SSSR count). The fourth-order valence-corrected chi connectivity index (χ4v) is 2.44. The Labute approximate surface area is 84.7 Å². The molecule has 0 unspecified atom stereocenters. The predicted octanol–water partition coefficient (Wildman–Crippen LogP) is 1.55. The first-order valence-electron chi connectivity index (χ1n) is 5.47. The van der Waals surface area contributed by atoms with Crippen molar-refractivity contribution in [1.29, 1.82) is 5.26 Å². The van der Waals surface area contributed by atoms with Gasteiger partial charge in [-0.05, 0) is 12.8 Å². The van der Waals surface area contributed by atoms with Crippen LogP contribution in [-0.4, -0.2) is 23.9 Å². The normalized spacial score (nSPS) is 23.2. The van der Waals surface area contributed by atoms with Crippen LogP contribution in [-0.2, 0) is 4.79 Å². The summed E-state index contributed by atoms with van der Waals surface area (Å²) in [5.41, 5.74) is 0. The minimum atomic E-state index is 0.304. The molecule has 1 amide bonds. The largest absolute Gasteiger partial charge is 0.342 e. The molecule has 3 heteroatoms. The highest BCUT2D eigenvalue weighted by Crippen LogP contribution is 2.29. The molecule has 0 spiro atoms. The second-order valence-corrected chi connectivity index (χ2v) is 4.45. The topological polar surface area (TPSA) is 44.1 Å². The molecule has 14 heavy (non-hydrogen) atoms. The molecule has 2 fully saturated rings. The van der Waals surface area contributed by atoms with Crippen molar-refractivity contribution in [2.45, 2.75) is 32.1 Å². The van der Waals surface area contributed by atoms with Gasteiger partial charge in [-0.3, -0.25) is 4.79 Å². The maximum Gasteiger partial charge on any atom is 0.225 e. The summed E-state index contributed by atoms with van der Waals surface area (Å²) < 4.78 is 0. The number of rotatable bonds is 2. The van der Waals surface area contributed by atoms with Crippen molar-refractivity contribution in [2.24, 2.45) is 11.8 Å². The first-order chi connectivity index (χ1) is 6.81. The summed E-state index contributed by atoms with van der Waals surface area (Å²) in [6.07, 6.45) is 5.20. The number of amides is 1. The van der Waals surface area contributed by atoms with E-state index in [1.807, 2.05) is 4.90 Å². The van der Waals surface area contributed by atoms with Gasteiger partial charge in [-0.25, -0.2) is 0 Å². The van der Waals surface area contributed by atoms with Gasteiger partial charge in [0.2, 0.25) is 5.91 Å². The zero-order chi connectivity index (χ0) is 9.97. The van der Waals surface area contributed by atoms with Crippen LogP contribution in [0.15, 0.2) is 0 Å². The van der Waals surface area contributed by atoms with E-state index < -0.39 is 0 Å². The van der Waals surface area contributed by atoms with Gasteiger partial charge in [-0.1, -0.05) is 12.8 Å². The molecule has 1 aliphatic heterocycles. The molecular weight excluding hydrogens is 176 g/mol. The van der Waals surface area contributed by atoms with E-state index >= 15 is 0 Å². The van der Waals surface area contributed by atoms with Crippen LogP contribution in [0.1, 0.15) is 32.1 Å². The summed E-state index contributed by atoms with van der Waals surface area (Å²) in [5, 5.41) is 8.48. The lowest BCUT2D eigenvalue weighted by atomic mass is 9.94. The van der Waals surface area contributed by atoms with Crippen molar-refractivity contribution < 1.29 is 4.79 Å². The minimum Gasteiger partial charge on any atom is -0.342 e. The average molecular weight is 192 g/mol. The maximum absolute atomic E-state index is 11.8. The summed E-state index contributed by atoms with van der Waals surface area (Å²) in [6.45, 7) is 1.64. The van der Waals surface area contributed by atoms with E-state index in [-0.39, 0.29) is 0 Å². The Hall–Kier alpha value is -1.04. The van der Waals surface area contributed by atoms with Crippen molar-refractivity contribution in [3.05, 3.63) is 0 Å². The lowest BCUT2D eigenvalue weighted by Gasteiger charge is -2.39. The molecule has 2 aliphatic rings. The summed E-state index contributed by atoms with van der Waals surface area (Å²) in [4.78, 5) is 13.7. The average Bonchev–Trinajstić information content (AvgIpc) is 2.62. The van der Waals surface area contributed by atoms with Crippen LogP contribution >= 0.6 is 0 Å². The van der Waals surface area contributed by atoms with E-state index in [0.717, 1.165) is 25.9 Å². The number of carbonyl (C=O) groups is 1. The highest BCUT2D eigenvalue weighted by molar-refractivity contribution is 5.79. The Morgan fingerprint density at radius 2 is 2.00 bits per heavy atom. The Morgan fingerprint density at radius 1 is 1.36 bits per heavy atom. The summed E-state index contributed by atoms with van der Waals surface area (Å²) in [6, 6.07) is 2.16. The lowest BCUT2D eigenvalue weighted by Crippen LogP contribution is -2.51. The van der Waals surface area contributed by atoms with Crippen LogP contribution in [0.5, 0.6) is 0 Å². The molecule has 0 N–H and O–H groups in total. The van der Waals surface area contributed by atoms with Crippen molar-refractivity contribution in [3.8, 4) is 6.07 Å². The van der Waals surface area contributed by atoms with Crippen LogP contribution in [0.25, 0.3) is 0 Å². The van der Waals surface area contributed by atoms with E-state index in [9.17, 15) is 4.79 Å². The number of carbonyl (C=O) groups excluding carboxylic acids is 1. The molecular formula is C11H16N2O. The van der Waals surface area contributed by atoms with E-state index in [4.69, 9.17) is 5.26 Å². The quantitative estimate of drug-likeness (QED) is 0.666. The van der Waals surface area contributed by atoms with Gasteiger partial charge in [0.1, 0.15) is 0 Å². The Bertz CT molecular complexity index is 257. The van der Waals surface area contributed by atoms with Crippen LogP contribution in [0.2, 0.25) is 0 Å². The molecule has 1 saturated heterocycles. The van der Waals surface area contributed by atoms with Gasteiger partial charge >= 0.3 is 0 Å². The third kappa shape index (κ3) is 1.75. The molecule has 76 valence electrons. The monoisotopic (exact) mass is 192 g/mol. The molecule has 0 aromatic heterocycles. The Balaban J connectivity index is 1.76. The van der Waals surface area contributed by atoms with Crippen LogP contribution < -0.4 is 0 Å². The fraction of sp³-hybridized carbons (Fsp3) is 0.818. The molecule has 1 saturated carbocycles. The minimum absolute atomic E-state index is 0.304. The molecule has 0 aromatic carbocycles. The number of nitrogens with zero attached hydrogens (tertiary/aromatic N) is 2. The van der Waals surface area contributed by atoms with Gasteiger partial charge in [0.25, 0.3) is 0 Å². The highest BCUT2D eigenvalue weighted by Gasteiger charge is 2.34. The van der Waals surface area contributed by atoms with Crippen molar-refractivity contribution in [2.75, 3.05) is 13.1 Å². The van der Waals surface area contributed by atoms with E-state index in [2.05, 4.69) is 6.07 Å². The van der Waals surface area contributed by atoms with Crippen LogP contribution in [0.3, 0.4) is 0 Å². The van der Waals surface area contributed by atoms with Crippen molar-refractivity contribution in [3.63, 3.8) is 0 Å². The predicted molar refractivity (Wildman–Crippen MR) is 52.3 cm³/mol. The van der Waals surface area contributed by atoms with Gasteiger partial charge in [0.05, 0.1) is 6.07 Å². The van der Waals surface area contributed by atoms with E-state index in [0.29, 0.717) is 24.2 Å². The number of hydrogen-bond acceptors (Lipinski definition) is 2. The first kappa shape index (κ1) is 9.51. The SMILES string of the molecule is N#CCC1CN(C(=O)C2CCCC2)C1. The second kappa shape index (κ2) is 4.00. The lowest BCUT2D eigenvalue weighted by molar-refractivity contribution is -0.141. The molecule has 1 heterocycles. The van der Waals surface area contributed by atoms with E-state index in [1.54, 1.807) is 0 Å². The maximum atomic E-state index is 11.8. The van der Waals surface area contributed by atoms with Crippen LogP contribution in [0.4, 0.5) is 0 Å². The van der Waals surface area contributed by atoms with Crippen molar-refractivity contribution >= 4 is 5.91 Å². The molecule has 0 bridgehead atoms. The Morgan fingerprint density at radius 3 is 2.57 bits per heavy atom. The smallest absolute Gasteiger partial charge is 0.225 e. The molecule has 0 aromatic rings. The standard InChI is InChI=1S/C11H16N2O/c12-6-5-9-7-13(8-9)11(14)10-3-1-2-4-10/h9-10H,1-5,7-8H2. The zero-order valence-corrected chi connectivity index (χ0v) is 8.41. The zero-order valence-electron chi connectivity index (χ0n) is 8.41. The van der Waals surface area contributed by atoms with Crippen molar-refractivity contribution in [1.82, 2.24) is 4.90 Å². The first-order valence-corrected chi connectivity index (χ1v) is 5.47. The number of nitriles is 1. The van der Waals surface area contributed by atoms with Gasteiger partial charge < -0.3 is 4.90 Å². The molecule has 1 aliphatic carbocycles. The molecule has 3 nitrogen and oxygen atoms in total. The Kier molecular flexibility index (Phi) is 2.72. The van der Waals surface area contributed by atoms with Gasteiger partial charge in [0, 0.05) is 31.3 Å². The summed E-state index contributed by atoms with van der Waals surface area (Å²) in [5.74, 6) is 1.10. The second-order valence-electron chi connectivity index (χ2n) is 4.45. The van der Waals surface area contributed by atoms with Crippen LogP contribution in [0, 0.1) is 23.2 Å². The highest BCUT2D eigenvalue weighted by atomic mass is 16.2. The van der Waals surface area contributed by atoms with Gasteiger partial charge in [-0.15, -0.1) is 0 Å². The third-order valence-corrected chi connectivity index (χ3v) is 3.35.